The second-order valence-corrected chi connectivity index (χ2v) is 12.1. The Balaban J connectivity index is 1.38. The largest absolute Gasteiger partial charge is 0.379 e. The van der Waals surface area contributed by atoms with Gasteiger partial charge in [0.15, 0.2) is 5.13 Å². The molecule has 1 aromatic heterocycles. The number of carbonyl (C=O) groups excluding carboxylic acids is 1. The summed E-state index contributed by atoms with van der Waals surface area (Å²) >= 11 is 1.31. The number of benzene rings is 2. The number of hydrogen-bond acceptors (Lipinski definition) is 6. The summed E-state index contributed by atoms with van der Waals surface area (Å²) in [4.78, 5) is 17.1. The van der Waals surface area contributed by atoms with Gasteiger partial charge in [-0.1, -0.05) is 57.2 Å². The molecule has 2 heterocycles. The highest BCUT2D eigenvalue weighted by Crippen LogP contribution is 2.27. The Hall–Kier alpha value is -2.85. The van der Waals surface area contributed by atoms with Crippen LogP contribution in [0.5, 0.6) is 0 Å². The Labute approximate surface area is 210 Å². The number of amides is 1. The zero-order valence-electron chi connectivity index (χ0n) is 20.0. The van der Waals surface area contributed by atoms with Crippen molar-refractivity contribution in [1.29, 1.82) is 0 Å². The van der Waals surface area contributed by atoms with Gasteiger partial charge in [0.2, 0.25) is 15.9 Å². The van der Waals surface area contributed by atoms with E-state index in [2.05, 4.69) is 43.2 Å². The minimum Gasteiger partial charge on any atom is -0.379 e. The Bertz CT molecular complexity index is 1300. The monoisotopic (exact) mass is 511 g/mol. The number of nitrogens with one attached hydrogen (secondary N) is 1. The summed E-state index contributed by atoms with van der Waals surface area (Å²) in [5.41, 5.74) is 3.71. The van der Waals surface area contributed by atoms with Crippen molar-refractivity contribution in [3.8, 4) is 11.3 Å². The fourth-order valence-electron chi connectivity index (χ4n) is 3.61. The third kappa shape index (κ3) is 6.24. The van der Waals surface area contributed by atoms with Gasteiger partial charge >= 0.3 is 0 Å². The van der Waals surface area contributed by atoms with Crippen molar-refractivity contribution in [2.24, 2.45) is 0 Å². The maximum atomic E-state index is 12.8. The summed E-state index contributed by atoms with van der Waals surface area (Å²) in [5.74, 6) is -0.266. The molecule has 184 valence electrons. The highest BCUT2D eigenvalue weighted by Gasteiger charge is 2.26. The zero-order valence-corrected chi connectivity index (χ0v) is 21.7. The molecule has 9 heteroatoms. The van der Waals surface area contributed by atoms with Gasteiger partial charge in [-0.25, -0.2) is 13.4 Å². The van der Waals surface area contributed by atoms with Crippen molar-refractivity contribution >= 4 is 38.5 Å². The summed E-state index contributed by atoms with van der Waals surface area (Å²) in [6.07, 6.45) is 3.25. The van der Waals surface area contributed by atoms with E-state index in [1.807, 2.05) is 17.5 Å². The topological polar surface area (TPSA) is 88.6 Å². The zero-order chi connectivity index (χ0) is 25.1. The first kappa shape index (κ1) is 25.2. The molecule has 35 heavy (non-hydrogen) atoms. The fourth-order valence-corrected chi connectivity index (χ4v) is 5.74. The first-order valence-corrected chi connectivity index (χ1v) is 13.7. The van der Waals surface area contributed by atoms with E-state index < -0.39 is 10.0 Å². The molecule has 0 unspecified atom stereocenters. The first-order valence-electron chi connectivity index (χ1n) is 11.4. The molecule has 4 rings (SSSR count). The minimum absolute atomic E-state index is 0.0828. The summed E-state index contributed by atoms with van der Waals surface area (Å²) < 4.78 is 32.3. The molecule has 1 N–H and O–H groups in total. The average molecular weight is 512 g/mol. The molecule has 0 bridgehead atoms. The quantitative estimate of drug-likeness (QED) is 0.481. The van der Waals surface area contributed by atoms with E-state index >= 15 is 0 Å². The van der Waals surface area contributed by atoms with E-state index in [9.17, 15) is 13.2 Å². The number of rotatable bonds is 6. The van der Waals surface area contributed by atoms with Crippen molar-refractivity contribution in [3.63, 3.8) is 0 Å². The Morgan fingerprint density at radius 2 is 1.71 bits per heavy atom. The maximum Gasteiger partial charge on any atom is 0.250 e. The van der Waals surface area contributed by atoms with Crippen molar-refractivity contribution in [3.05, 3.63) is 71.1 Å². The minimum atomic E-state index is -3.54. The van der Waals surface area contributed by atoms with Crippen LogP contribution in [0.2, 0.25) is 0 Å². The molecule has 0 radical (unpaired) electrons. The van der Waals surface area contributed by atoms with Gasteiger partial charge in [-0.2, -0.15) is 4.31 Å². The molecule has 1 aliphatic heterocycles. The van der Waals surface area contributed by atoms with E-state index in [0.29, 0.717) is 37.1 Å². The normalized spacial score (nSPS) is 15.4. The van der Waals surface area contributed by atoms with Crippen LogP contribution in [0, 0.1) is 0 Å². The van der Waals surface area contributed by atoms with Crippen LogP contribution in [0.25, 0.3) is 17.3 Å². The number of hydrogen-bond donors (Lipinski definition) is 1. The van der Waals surface area contributed by atoms with Crippen LogP contribution in [0.4, 0.5) is 5.13 Å². The van der Waals surface area contributed by atoms with Crippen LogP contribution in [-0.2, 0) is 25.0 Å². The molecule has 0 spiro atoms. The van der Waals surface area contributed by atoms with Crippen LogP contribution in [0.1, 0.15) is 31.9 Å². The number of ether oxygens (including phenoxy) is 1. The van der Waals surface area contributed by atoms with Crippen LogP contribution < -0.4 is 5.32 Å². The summed E-state index contributed by atoms with van der Waals surface area (Å²) in [6.45, 7) is 8.01. The van der Waals surface area contributed by atoms with Crippen molar-refractivity contribution in [2.45, 2.75) is 31.1 Å². The molecule has 0 saturated carbocycles. The number of thiazole rings is 1. The standard InChI is InChI=1S/C26H29N3O4S2/c1-26(2,3)21-9-4-19(5-10-21)6-13-24(30)28-25-27-23(18-34-25)20-7-11-22(12-8-20)35(31,32)29-14-16-33-17-15-29/h4-13,18H,14-17H2,1-3H3,(H,27,28,30). The van der Waals surface area contributed by atoms with Gasteiger partial charge in [-0.05, 0) is 34.8 Å². The van der Waals surface area contributed by atoms with Crippen molar-refractivity contribution in [2.75, 3.05) is 31.6 Å². The molecule has 1 aliphatic rings. The second-order valence-electron chi connectivity index (χ2n) is 9.27. The van der Waals surface area contributed by atoms with E-state index in [-0.39, 0.29) is 16.2 Å². The van der Waals surface area contributed by atoms with Gasteiger partial charge in [-0.15, -0.1) is 11.3 Å². The molecule has 0 atom stereocenters. The predicted molar refractivity (Wildman–Crippen MR) is 140 cm³/mol. The highest BCUT2D eigenvalue weighted by atomic mass is 32.2. The lowest BCUT2D eigenvalue weighted by Crippen LogP contribution is -2.40. The molecular formula is C26H29N3O4S2. The Morgan fingerprint density at radius 3 is 2.34 bits per heavy atom. The van der Waals surface area contributed by atoms with E-state index in [1.165, 1.54) is 27.3 Å². The van der Waals surface area contributed by atoms with Gasteiger partial charge in [0, 0.05) is 30.1 Å². The van der Waals surface area contributed by atoms with E-state index in [0.717, 1.165) is 11.1 Å². The highest BCUT2D eigenvalue weighted by molar-refractivity contribution is 7.89. The van der Waals surface area contributed by atoms with Crippen LogP contribution in [-0.4, -0.2) is 49.9 Å². The van der Waals surface area contributed by atoms with Crippen molar-refractivity contribution < 1.29 is 17.9 Å². The first-order chi connectivity index (χ1) is 16.6. The molecular weight excluding hydrogens is 482 g/mol. The van der Waals surface area contributed by atoms with Gasteiger partial charge in [0.25, 0.3) is 0 Å². The third-order valence-electron chi connectivity index (χ3n) is 5.70. The molecule has 3 aromatic rings. The average Bonchev–Trinajstić information content (AvgIpc) is 3.31. The van der Waals surface area contributed by atoms with Gasteiger partial charge in [-0.3, -0.25) is 10.1 Å². The number of aromatic nitrogens is 1. The smallest absolute Gasteiger partial charge is 0.250 e. The summed E-state index contributed by atoms with van der Waals surface area (Å²) in [5, 5.41) is 5.09. The predicted octanol–water partition coefficient (Wildman–Crippen LogP) is 4.78. The Morgan fingerprint density at radius 1 is 1.06 bits per heavy atom. The van der Waals surface area contributed by atoms with Gasteiger partial charge in [0.05, 0.1) is 23.8 Å². The van der Waals surface area contributed by atoms with Crippen LogP contribution in [0.3, 0.4) is 0 Å². The van der Waals surface area contributed by atoms with E-state index in [4.69, 9.17) is 4.74 Å². The lowest BCUT2D eigenvalue weighted by molar-refractivity contribution is -0.111. The fraction of sp³-hybridized carbons (Fsp3) is 0.308. The van der Waals surface area contributed by atoms with Crippen LogP contribution in [0.15, 0.2) is 64.9 Å². The molecule has 7 nitrogen and oxygen atoms in total. The number of nitrogens with zero attached hydrogens (tertiary/aromatic N) is 2. The molecule has 2 aromatic carbocycles. The number of sulfonamides is 1. The van der Waals surface area contributed by atoms with Gasteiger partial charge < -0.3 is 4.74 Å². The molecule has 1 saturated heterocycles. The molecule has 1 amide bonds. The lowest BCUT2D eigenvalue weighted by Gasteiger charge is -2.26. The SMILES string of the molecule is CC(C)(C)c1ccc(C=CC(=O)Nc2nc(-c3ccc(S(=O)(=O)N4CCOCC4)cc3)cs2)cc1. The summed E-state index contributed by atoms with van der Waals surface area (Å²) in [7, 11) is -3.54. The molecule has 1 fully saturated rings. The third-order valence-corrected chi connectivity index (χ3v) is 8.37. The number of anilines is 1. The summed E-state index contributed by atoms with van der Waals surface area (Å²) in [6, 6.07) is 14.8. The van der Waals surface area contributed by atoms with E-state index in [1.54, 1.807) is 30.3 Å². The van der Waals surface area contributed by atoms with Crippen LogP contribution >= 0.6 is 11.3 Å². The number of carbonyl (C=O) groups is 1. The lowest BCUT2D eigenvalue weighted by atomic mass is 9.87. The number of morpholine rings is 1. The van der Waals surface area contributed by atoms with Crippen molar-refractivity contribution in [1.82, 2.24) is 9.29 Å². The molecule has 0 aliphatic carbocycles. The second kappa shape index (κ2) is 10.4. The Kier molecular flexibility index (Phi) is 7.51. The van der Waals surface area contributed by atoms with Gasteiger partial charge in [0.1, 0.15) is 0 Å². The maximum absolute atomic E-state index is 12.8.